The number of benzene rings is 2. The molecule has 192 valence electrons. The first-order valence-electron chi connectivity index (χ1n) is 11.6. The topological polar surface area (TPSA) is 116 Å². The van der Waals surface area contributed by atoms with E-state index in [1.807, 2.05) is 6.92 Å². The number of carbonyl (C=O) groups is 2. The normalized spacial score (nSPS) is 16.3. The number of nitrogens with zero attached hydrogens (tertiary/aromatic N) is 2. The predicted molar refractivity (Wildman–Crippen MR) is 135 cm³/mol. The van der Waals surface area contributed by atoms with Crippen molar-refractivity contribution in [3.05, 3.63) is 59.7 Å². The lowest BCUT2D eigenvalue weighted by molar-refractivity contribution is -0.144. The van der Waals surface area contributed by atoms with Gasteiger partial charge in [-0.3, -0.25) is 14.5 Å². The van der Waals surface area contributed by atoms with Crippen molar-refractivity contribution in [3.8, 4) is 17.6 Å². The first kappa shape index (κ1) is 27.2. The maximum Gasteiger partial charge on any atom is 0.323 e. The maximum atomic E-state index is 13.0. The molecule has 0 aromatic heterocycles. The summed E-state index contributed by atoms with van der Waals surface area (Å²) in [5.74, 6) is 4.60. The fraction of sp³-hybridized carbons (Fsp3) is 0.385. The molecule has 2 unspecified atom stereocenters. The summed E-state index contributed by atoms with van der Waals surface area (Å²) in [7, 11) is -3.66. The second kappa shape index (κ2) is 12.0. The number of amides is 1. The van der Waals surface area contributed by atoms with Gasteiger partial charge in [-0.2, -0.15) is 4.31 Å². The first-order valence-corrected chi connectivity index (χ1v) is 13.0. The Hall–Kier alpha value is -3.39. The zero-order chi connectivity index (χ0) is 26.3. The van der Waals surface area contributed by atoms with Gasteiger partial charge in [0, 0.05) is 31.7 Å². The van der Waals surface area contributed by atoms with Gasteiger partial charge in [0.25, 0.3) is 5.91 Å². The number of hydrogen-bond donors (Lipinski definition) is 2. The number of rotatable bonds is 9. The van der Waals surface area contributed by atoms with Crippen LogP contribution in [0.2, 0.25) is 0 Å². The molecule has 1 heterocycles. The SMILES string of the molecule is CC#CCOc1ccc(C(=O)NC(C)C(C(=O)O)N2CCN(S(=O)(=O)c3ccc(C)cc3)CC2)cc1. The lowest BCUT2D eigenvalue weighted by Crippen LogP contribution is -2.60. The Morgan fingerprint density at radius 3 is 2.22 bits per heavy atom. The summed E-state index contributed by atoms with van der Waals surface area (Å²) in [5, 5.41) is 12.7. The van der Waals surface area contributed by atoms with Gasteiger partial charge in [-0.05, 0) is 57.2 Å². The number of sulfonamides is 1. The summed E-state index contributed by atoms with van der Waals surface area (Å²) in [6.45, 7) is 6.26. The van der Waals surface area contributed by atoms with E-state index in [0.29, 0.717) is 11.3 Å². The number of aliphatic carboxylic acids is 1. The van der Waals surface area contributed by atoms with Crippen molar-refractivity contribution in [2.75, 3.05) is 32.8 Å². The molecule has 0 saturated carbocycles. The van der Waals surface area contributed by atoms with Gasteiger partial charge in [-0.15, -0.1) is 5.92 Å². The van der Waals surface area contributed by atoms with E-state index in [-0.39, 0.29) is 37.7 Å². The summed E-state index contributed by atoms with van der Waals surface area (Å²) in [5.41, 5.74) is 1.33. The van der Waals surface area contributed by atoms with Crippen LogP contribution in [0.1, 0.15) is 29.8 Å². The Bertz CT molecular complexity index is 1230. The van der Waals surface area contributed by atoms with Gasteiger partial charge in [0.1, 0.15) is 18.4 Å². The number of aryl methyl sites for hydroxylation is 1. The molecule has 0 bridgehead atoms. The van der Waals surface area contributed by atoms with Crippen LogP contribution in [0.25, 0.3) is 0 Å². The Balaban J connectivity index is 1.61. The maximum absolute atomic E-state index is 13.0. The number of nitrogens with one attached hydrogen (secondary N) is 1. The van der Waals surface area contributed by atoms with Crippen LogP contribution in [0, 0.1) is 18.8 Å². The minimum atomic E-state index is -3.66. The van der Waals surface area contributed by atoms with E-state index < -0.39 is 34.0 Å². The highest BCUT2D eigenvalue weighted by Gasteiger charge is 2.37. The quantitative estimate of drug-likeness (QED) is 0.493. The van der Waals surface area contributed by atoms with Gasteiger partial charge in [-0.25, -0.2) is 8.42 Å². The van der Waals surface area contributed by atoms with Crippen LogP contribution < -0.4 is 10.1 Å². The van der Waals surface area contributed by atoms with Crippen molar-refractivity contribution >= 4 is 21.9 Å². The Kier molecular flexibility index (Phi) is 9.09. The fourth-order valence-electron chi connectivity index (χ4n) is 4.03. The minimum Gasteiger partial charge on any atom is -0.481 e. The van der Waals surface area contributed by atoms with Crippen LogP contribution >= 0.6 is 0 Å². The molecule has 1 saturated heterocycles. The molecule has 36 heavy (non-hydrogen) atoms. The van der Waals surface area contributed by atoms with Crippen LogP contribution in [0.5, 0.6) is 5.75 Å². The molecule has 2 N–H and O–H groups in total. The van der Waals surface area contributed by atoms with E-state index in [1.54, 1.807) is 67.3 Å². The lowest BCUT2D eigenvalue weighted by atomic mass is 10.1. The fourth-order valence-corrected chi connectivity index (χ4v) is 5.45. The molecule has 2 aromatic rings. The van der Waals surface area contributed by atoms with Crippen LogP contribution in [-0.2, 0) is 14.8 Å². The summed E-state index contributed by atoms with van der Waals surface area (Å²) in [4.78, 5) is 26.7. The molecule has 1 aliphatic rings. The summed E-state index contributed by atoms with van der Waals surface area (Å²) >= 11 is 0. The van der Waals surface area contributed by atoms with Crippen molar-refractivity contribution < 1.29 is 27.9 Å². The first-order chi connectivity index (χ1) is 17.1. The smallest absolute Gasteiger partial charge is 0.323 e. The number of ether oxygens (including phenoxy) is 1. The van der Waals surface area contributed by atoms with Gasteiger partial charge >= 0.3 is 5.97 Å². The molecule has 1 amide bonds. The van der Waals surface area contributed by atoms with Gasteiger partial charge in [-0.1, -0.05) is 23.6 Å². The summed E-state index contributed by atoms with van der Waals surface area (Å²) in [6.07, 6.45) is 0. The van der Waals surface area contributed by atoms with Crippen molar-refractivity contribution in [2.24, 2.45) is 0 Å². The average molecular weight is 514 g/mol. The highest BCUT2D eigenvalue weighted by molar-refractivity contribution is 7.89. The molecule has 0 spiro atoms. The van der Waals surface area contributed by atoms with Crippen LogP contribution in [-0.4, -0.2) is 79.5 Å². The van der Waals surface area contributed by atoms with Crippen LogP contribution in [0.3, 0.4) is 0 Å². The van der Waals surface area contributed by atoms with Gasteiger partial charge in [0.15, 0.2) is 0 Å². The molecular weight excluding hydrogens is 482 g/mol. The summed E-state index contributed by atoms with van der Waals surface area (Å²) in [6, 6.07) is 11.4. The number of carbonyl (C=O) groups excluding carboxylic acids is 1. The van der Waals surface area contributed by atoms with Crippen molar-refractivity contribution in [2.45, 2.75) is 37.8 Å². The second-order valence-electron chi connectivity index (χ2n) is 8.54. The van der Waals surface area contributed by atoms with E-state index in [0.717, 1.165) is 5.56 Å². The van der Waals surface area contributed by atoms with Crippen molar-refractivity contribution in [1.29, 1.82) is 0 Å². The van der Waals surface area contributed by atoms with Crippen molar-refractivity contribution in [3.63, 3.8) is 0 Å². The van der Waals surface area contributed by atoms with Gasteiger partial charge in [0.2, 0.25) is 10.0 Å². The molecule has 0 radical (unpaired) electrons. The summed E-state index contributed by atoms with van der Waals surface area (Å²) < 4.78 is 32.7. The molecular formula is C26H31N3O6S. The number of carboxylic acid groups (broad SMARTS) is 1. The number of piperazine rings is 1. The van der Waals surface area contributed by atoms with Gasteiger partial charge in [0.05, 0.1) is 10.9 Å². The highest BCUT2D eigenvalue weighted by Crippen LogP contribution is 2.20. The van der Waals surface area contributed by atoms with E-state index >= 15 is 0 Å². The molecule has 1 aliphatic heterocycles. The molecule has 10 heteroatoms. The zero-order valence-electron chi connectivity index (χ0n) is 20.6. The number of carboxylic acids is 1. The van der Waals surface area contributed by atoms with E-state index in [2.05, 4.69) is 17.2 Å². The van der Waals surface area contributed by atoms with E-state index in [9.17, 15) is 23.1 Å². The Morgan fingerprint density at radius 1 is 1.06 bits per heavy atom. The van der Waals surface area contributed by atoms with E-state index in [4.69, 9.17) is 4.74 Å². The molecule has 2 aromatic carbocycles. The highest BCUT2D eigenvalue weighted by atomic mass is 32.2. The molecule has 9 nitrogen and oxygen atoms in total. The lowest BCUT2D eigenvalue weighted by Gasteiger charge is -2.39. The molecule has 0 aliphatic carbocycles. The third-order valence-electron chi connectivity index (χ3n) is 6.02. The van der Waals surface area contributed by atoms with Crippen LogP contribution in [0.15, 0.2) is 53.4 Å². The average Bonchev–Trinajstić information content (AvgIpc) is 2.85. The third-order valence-corrected chi connectivity index (χ3v) is 7.93. The standard InChI is InChI=1S/C26H31N3O6S/c1-4-5-18-35-22-10-8-21(9-11-22)25(30)27-20(3)24(26(31)32)28-14-16-29(17-15-28)36(33,34)23-12-6-19(2)7-13-23/h6-13,20,24H,14-18H2,1-3H3,(H,27,30)(H,31,32). The minimum absolute atomic E-state index is 0.157. The van der Waals surface area contributed by atoms with E-state index in [1.165, 1.54) is 4.31 Å². The predicted octanol–water partition coefficient (Wildman–Crippen LogP) is 1.98. The Labute approximate surface area is 212 Å². The number of hydrogen-bond acceptors (Lipinski definition) is 6. The Morgan fingerprint density at radius 2 is 1.67 bits per heavy atom. The molecule has 2 atom stereocenters. The molecule has 3 rings (SSSR count). The van der Waals surface area contributed by atoms with Crippen molar-refractivity contribution in [1.82, 2.24) is 14.5 Å². The third kappa shape index (κ3) is 6.63. The zero-order valence-corrected chi connectivity index (χ0v) is 21.4. The second-order valence-corrected chi connectivity index (χ2v) is 10.5. The largest absolute Gasteiger partial charge is 0.481 e. The molecule has 1 fully saturated rings. The van der Waals surface area contributed by atoms with Gasteiger partial charge < -0.3 is 15.2 Å². The van der Waals surface area contributed by atoms with Crippen LogP contribution in [0.4, 0.5) is 0 Å². The monoisotopic (exact) mass is 513 g/mol.